The van der Waals surface area contributed by atoms with E-state index in [-0.39, 0.29) is 0 Å². The molecular formula is C45H35N. The summed E-state index contributed by atoms with van der Waals surface area (Å²) < 4.78 is 0. The van der Waals surface area contributed by atoms with E-state index in [4.69, 9.17) is 0 Å². The fourth-order valence-corrected chi connectivity index (χ4v) is 7.99. The molecule has 220 valence electrons. The van der Waals surface area contributed by atoms with Gasteiger partial charge in [-0.3, -0.25) is 0 Å². The van der Waals surface area contributed by atoms with E-state index in [1.165, 1.54) is 95.5 Å². The van der Waals surface area contributed by atoms with E-state index in [0.717, 1.165) is 19.4 Å². The summed E-state index contributed by atoms with van der Waals surface area (Å²) in [6.45, 7) is 1.08. The predicted molar refractivity (Wildman–Crippen MR) is 197 cm³/mol. The second-order valence-corrected chi connectivity index (χ2v) is 12.6. The Morgan fingerprint density at radius 2 is 1.11 bits per heavy atom. The summed E-state index contributed by atoms with van der Waals surface area (Å²) in [5, 5.41) is 7.89. The Hall–Kier alpha value is -5.40. The van der Waals surface area contributed by atoms with Crippen LogP contribution in [0.4, 0.5) is 5.69 Å². The summed E-state index contributed by atoms with van der Waals surface area (Å²) in [5.74, 6) is 0. The minimum Gasteiger partial charge on any atom is -0.345 e. The highest BCUT2D eigenvalue weighted by molar-refractivity contribution is 6.33. The van der Waals surface area contributed by atoms with Crippen molar-refractivity contribution in [3.8, 4) is 33.4 Å². The van der Waals surface area contributed by atoms with E-state index in [0.29, 0.717) is 0 Å². The molecule has 1 aliphatic heterocycles. The van der Waals surface area contributed by atoms with Crippen molar-refractivity contribution in [2.24, 2.45) is 0 Å². The number of anilines is 1. The van der Waals surface area contributed by atoms with Crippen LogP contribution in [-0.4, -0.2) is 6.54 Å². The number of benzene rings is 7. The Morgan fingerprint density at radius 1 is 0.478 bits per heavy atom. The van der Waals surface area contributed by atoms with Crippen molar-refractivity contribution >= 4 is 38.0 Å². The van der Waals surface area contributed by atoms with Gasteiger partial charge in [-0.1, -0.05) is 133 Å². The first-order valence-electron chi connectivity index (χ1n) is 16.6. The molecule has 9 rings (SSSR count). The first-order valence-corrected chi connectivity index (χ1v) is 16.6. The maximum absolute atomic E-state index is 2.61. The lowest BCUT2D eigenvalue weighted by atomic mass is 9.81. The molecular weight excluding hydrogens is 555 g/mol. The van der Waals surface area contributed by atoms with Crippen molar-refractivity contribution < 1.29 is 0 Å². The summed E-state index contributed by atoms with van der Waals surface area (Å²) in [6.07, 6.45) is 9.36. The summed E-state index contributed by atoms with van der Waals surface area (Å²) in [4.78, 5) is 2.61. The molecule has 0 spiro atoms. The van der Waals surface area contributed by atoms with Crippen LogP contribution in [0.2, 0.25) is 0 Å². The van der Waals surface area contributed by atoms with E-state index in [9.17, 15) is 0 Å². The van der Waals surface area contributed by atoms with Crippen molar-refractivity contribution in [3.63, 3.8) is 0 Å². The second kappa shape index (κ2) is 11.2. The molecule has 0 unspecified atom stereocenters. The highest BCUT2D eigenvalue weighted by atomic mass is 15.1. The largest absolute Gasteiger partial charge is 0.345 e. The van der Waals surface area contributed by atoms with Gasteiger partial charge in [0.15, 0.2) is 0 Å². The Morgan fingerprint density at radius 3 is 1.85 bits per heavy atom. The third-order valence-electron chi connectivity index (χ3n) is 10.0. The van der Waals surface area contributed by atoms with Crippen LogP contribution in [0.25, 0.3) is 65.7 Å². The van der Waals surface area contributed by atoms with E-state index in [1.807, 2.05) is 0 Å². The van der Waals surface area contributed by atoms with Gasteiger partial charge in [-0.15, -0.1) is 0 Å². The topological polar surface area (TPSA) is 3.24 Å². The molecule has 1 heterocycles. The van der Waals surface area contributed by atoms with Crippen LogP contribution in [0.15, 0.2) is 163 Å². The standard InChI is InChI=1S/C45H35N/c1-4-15-31(16-5-1)39-30-40(32-17-6-2-7-18-32)44-37-24-12-11-23-36(37)41-29-35(46-28-14-22-33-19-10-13-25-42(33)46)26-27-38(41)45(44)43(39)34-20-8-3-9-21-34/h1-12,15-21,23-24,26-27,29-30H,13-14,22,25,28H2. The van der Waals surface area contributed by atoms with Crippen molar-refractivity contribution in [1.82, 2.24) is 0 Å². The Labute approximate surface area is 270 Å². The molecule has 1 heteroatoms. The monoisotopic (exact) mass is 589 g/mol. The maximum atomic E-state index is 2.61. The van der Waals surface area contributed by atoms with Gasteiger partial charge in [-0.25, -0.2) is 0 Å². The van der Waals surface area contributed by atoms with Crippen molar-refractivity contribution in [3.05, 3.63) is 163 Å². The number of nitrogens with zero attached hydrogens (tertiary/aromatic N) is 1. The van der Waals surface area contributed by atoms with E-state index < -0.39 is 0 Å². The SMILES string of the molecule is C1=CC2=C(CC1)N(c1ccc3c(c1)c1ccccc1c1c(-c4ccccc4)cc(-c4ccccc4)c(-c4ccccc4)c31)CCC2. The fraction of sp³-hybridized carbons (Fsp3) is 0.111. The van der Waals surface area contributed by atoms with Gasteiger partial charge in [0.2, 0.25) is 0 Å². The van der Waals surface area contributed by atoms with Crippen LogP contribution >= 0.6 is 0 Å². The lowest BCUT2D eigenvalue weighted by Crippen LogP contribution is -2.29. The van der Waals surface area contributed by atoms with Gasteiger partial charge in [-0.2, -0.15) is 0 Å². The molecule has 0 saturated heterocycles. The lowest BCUT2D eigenvalue weighted by Gasteiger charge is -2.35. The van der Waals surface area contributed by atoms with Crippen molar-refractivity contribution in [2.75, 3.05) is 11.4 Å². The van der Waals surface area contributed by atoms with Gasteiger partial charge >= 0.3 is 0 Å². The Bertz CT molecular complexity index is 2310. The Balaban J connectivity index is 1.46. The van der Waals surface area contributed by atoms with E-state index in [2.05, 4.69) is 157 Å². The second-order valence-electron chi connectivity index (χ2n) is 12.6. The van der Waals surface area contributed by atoms with Crippen LogP contribution < -0.4 is 4.90 Å². The molecule has 0 saturated carbocycles. The normalized spacial score (nSPS) is 14.7. The van der Waals surface area contributed by atoms with Gasteiger partial charge < -0.3 is 4.90 Å². The highest BCUT2D eigenvalue weighted by Crippen LogP contribution is 2.49. The molecule has 0 N–H and O–H groups in total. The molecule has 0 atom stereocenters. The van der Waals surface area contributed by atoms with E-state index >= 15 is 0 Å². The quantitative estimate of drug-likeness (QED) is 0.185. The van der Waals surface area contributed by atoms with Gasteiger partial charge in [0.1, 0.15) is 0 Å². The van der Waals surface area contributed by atoms with Gasteiger partial charge in [-0.05, 0) is 115 Å². The molecule has 0 amide bonds. The molecule has 7 aromatic rings. The third kappa shape index (κ3) is 4.38. The van der Waals surface area contributed by atoms with Crippen molar-refractivity contribution in [2.45, 2.75) is 25.7 Å². The maximum Gasteiger partial charge on any atom is 0.0414 e. The third-order valence-corrected chi connectivity index (χ3v) is 10.0. The van der Waals surface area contributed by atoms with Gasteiger partial charge in [0.25, 0.3) is 0 Å². The number of rotatable bonds is 4. The molecule has 7 aromatic carbocycles. The van der Waals surface area contributed by atoms with Crippen LogP contribution in [0.3, 0.4) is 0 Å². The summed E-state index contributed by atoms with van der Waals surface area (Å²) in [7, 11) is 0. The number of hydrogen-bond acceptors (Lipinski definition) is 1. The van der Waals surface area contributed by atoms with E-state index in [1.54, 1.807) is 0 Å². The molecule has 1 aliphatic carbocycles. The first kappa shape index (κ1) is 27.0. The molecule has 0 bridgehead atoms. The number of allylic oxidation sites excluding steroid dienone is 4. The summed E-state index contributed by atoms with van der Waals surface area (Å²) in [5.41, 5.74) is 11.9. The first-order chi connectivity index (χ1) is 22.8. The zero-order valence-electron chi connectivity index (χ0n) is 25.9. The van der Waals surface area contributed by atoms with Crippen LogP contribution in [0.5, 0.6) is 0 Å². The van der Waals surface area contributed by atoms with Crippen LogP contribution in [0, 0.1) is 0 Å². The zero-order chi connectivity index (χ0) is 30.5. The molecule has 46 heavy (non-hydrogen) atoms. The molecule has 0 radical (unpaired) electrons. The number of fused-ring (bicyclic) bond motifs is 6. The molecule has 0 aromatic heterocycles. The van der Waals surface area contributed by atoms with Crippen LogP contribution in [-0.2, 0) is 0 Å². The molecule has 0 fully saturated rings. The van der Waals surface area contributed by atoms with Gasteiger partial charge in [0, 0.05) is 17.9 Å². The van der Waals surface area contributed by atoms with Crippen molar-refractivity contribution in [1.29, 1.82) is 0 Å². The predicted octanol–water partition coefficient (Wildman–Crippen LogP) is 12.4. The Kier molecular flexibility index (Phi) is 6.56. The smallest absolute Gasteiger partial charge is 0.0414 e. The molecule has 2 aliphatic rings. The summed E-state index contributed by atoms with van der Waals surface area (Å²) >= 11 is 0. The van der Waals surface area contributed by atoms with Crippen LogP contribution in [0.1, 0.15) is 25.7 Å². The molecule has 1 nitrogen and oxygen atoms in total. The number of hydrogen-bond donors (Lipinski definition) is 0. The lowest BCUT2D eigenvalue weighted by molar-refractivity contribution is 0.692. The summed E-state index contributed by atoms with van der Waals surface area (Å²) in [6, 6.07) is 51.7. The zero-order valence-corrected chi connectivity index (χ0v) is 25.9. The highest BCUT2D eigenvalue weighted by Gasteiger charge is 2.24. The minimum atomic E-state index is 1.08. The average Bonchev–Trinajstić information content (AvgIpc) is 3.15. The minimum absolute atomic E-state index is 1.08. The fourth-order valence-electron chi connectivity index (χ4n) is 7.99. The average molecular weight is 590 g/mol. The van der Waals surface area contributed by atoms with Gasteiger partial charge in [0.05, 0.1) is 0 Å².